The Morgan fingerprint density at radius 3 is 2.87 bits per heavy atom. The Balaban J connectivity index is 3.14. The summed E-state index contributed by atoms with van der Waals surface area (Å²) in [6.45, 7) is 3.62. The van der Waals surface area contributed by atoms with Crippen LogP contribution in [0.2, 0.25) is 0 Å². The first-order chi connectivity index (χ1) is 7.10. The lowest BCUT2D eigenvalue weighted by Gasteiger charge is -2.14. The van der Waals surface area contributed by atoms with Gasteiger partial charge in [0, 0.05) is 11.6 Å². The van der Waals surface area contributed by atoms with Gasteiger partial charge in [-0.05, 0) is 34.5 Å². The highest BCUT2D eigenvalue weighted by molar-refractivity contribution is 9.10. The number of aromatic hydroxyl groups is 1. The number of phenols is 1. The van der Waals surface area contributed by atoms with Crippen molar-refractivity contribution >= 4 is 15.9 Å². The number of benzene rings is 1. The summed E-state index contributed by atoms with van der Waals surface area (Å²) in [6, 6.07) is 3.15. The maximum atomic E-state index is 9.80. The molecule has 1 atom stereocenters. The minimum atomic E-state index is -0.270. The van der Waals surface area contributed by atoms with Crippen LogP contribution in [-0.4, -0.2) is 12.2 Å². The molecule has 0 amide bonds. The molecule has 3 N–H and O–H groups in total. The van der Waals surface area contributed by atoms with Crippen LogP contribution in [0.3, 0.4) is 0 Å². The van der Waals surface area contributed by atoms with Crippen LogP contribution in [0.4, 0.5) is 0 Å². The molecule has 0 saturated carbocycles. The smallest absolute Gasteiger partial charge is 0.134 e. The lowest BCUT2D eigenvalue weighted by Crippen LogP contribution is -2.09. The second kappa shape index (κ2) is 5.19. The van der Waals surface area contributed by atoms with E-state index in [-0.39, 0.29) is 11.8 Å². The van der Waals surface area contributed by atoms with E-state index < -0.39 is 0 Å². The lowest BCUT2D eigenvalue weighted by atomic mass is 10.0. The second-order valence-electron chi connectivity index (χ2n) is 3.18. The van der Waals surface area contributed by atoms with Crippen LogP contribution < -0.4 is 10.5 Å². The molecule has 0 bridgehead atoms. The van der Waals surface area contributed by atoms with E-state index in [1.807, 2.05) is 0 Å². The maximum absolute atomic E-state index is 9.80. The van der Waals surface area contributed by atoms with Crippen LogP contribution in [0.15, 0.2) is 29.3 Å². The predicted molar refractivity (Wildman–Crippen MR) is 64.1 cm³/mol. The Kier molecular flexibility index (Phi) is 4.17. The predicted octanol–water partition coefficient (Wildman–Crippen LogP) is 2.74. The van der Waals surface area contributed by atoms with Gasteiger partial charge in [-0.1, -0.05) is 6.08 Å². The number of ether oxygens (including phenoxy) is 1. The minimum absolute atomic E-state index is 0.158. The third-order valence-corrected chi connectivity index (χ3v) is 2.73. The highest BCUT2D eigenvalue weighted by atomic mass is 79.9. The van der Waals surface area contributed by atoms with Gasteiger partial charge in [-0.3, -0.25) is 0 Å². The average Bonchev–Trinajstić information content (AvgIpc) is 2.22. The first kappa shape index (κ1) is 12.1. The van der Waals surface area contributed by atoms with Gasteiger partial charge in [0.2, 0.25) is 0 Å². The standard InChI is InChI=1S/C11H14BrNO2/c1-3-4-10(13)8-5-7(15-2)6-9(12)11(8)14/h3,5-6,10,14H,1,4,13H2,2H3/t10-/m1/s1. The molecule has 1 rings (SSSR count). The molecule has 0 saturated heterocycles. The Morgan fingerprint density at radius 2 is 2.33 bits per heavy atom. The highest BCUT2D eigenvalue weighted by Crippen LogP contribution is 2.36. The fourth-order valence-electron chi connectivity index (χ4n) is 1.30. The zero-order valence-corrected chi connectivity index (χ0v) is 10.1. The largest absolute Gasteiger partial charge is 0.506 e. The summed E-state index contributed by atoms with van der Waals surface area (Å²) in [5.74, 6) is 0.819. The number of hydrogen-bond donors (Lipinski definition) is 2. The Bertz CT molecular complexity index is 366. The first-order valence-corrected chi connectivity index (χ1v) is 5.32. The van der Waals surface area contributed by atoms with Gasteiger partial charge in [-0.15, -0.1) is 6.58 Å². The number of nitrogens with two attached hydrogens (primary N) is 1. The monoisotopic (exact) mass is 271 g/mol. The Morgan fingerprint density at radius 1 is 1.67 bits per heavy atom. The molecule has 0 fully saturated rings. The molecular formula is C11H14BrNO2. The Labute approximate surface area is 97.7 Å². The van der Waals surface area contributed by atoms with Crippen molar-refractivity contribution in [3.8, 4) is 11.5 Å². The molecule has 0 aliphatic heterocycles. The zero-order valence-electron chi connectivity index (χ0n) is 8.53. The summed E-state index contributed by atoms with van der Waals surface area (Å²) in [5.41, 5.74) is 6.55. The van der Waals surface area contributed by atoms with Crippen molar-refractivity contribution in [1.82, 2.24) is 0 Å². The molecule has 0 unspecified atom stereocenters. The second-order valence-corrected chi connectivity index (χ2v) is 4.03. The highest BCUT2D eigenvalue weighted by Gasteiger charge is 2.14. The number of hydrogen-bond acceptors (Lipinski definition) is 3. The fourth-order valence-corrected chi connectivity index (χ4v) is 1.76. The van der Waals surface area contributed by atoms with Crippen molar-refractivity contribution in [3.63, 3.8) is 0 Å². The van der Waals surface area contributed by atoms with E-state index in [1.54, 1.807) is 25.3 Å². The van der Waals surface area contributed by atoms with Crippen LogP contribution in [0.5, 0.6) is 11.5 Å². The van der Waals surface area contributed by atoms with Crippen molar-refractivity contribution < 1.29 is 9.84 Å². The van der Waals surface area contributed by atoms with Crippen molar-refractivity contribution in [2.45, 2.75) is 12.5 Å². The summed E-state index contributed by atoms with van der Waals surface area (Å²) < 4.78 is 5.68. The van der Waals surface area contributed by atoms with Gasteiger partial charge in [0.05, 0.1) is 11.6 Å². The lowest BCUT2D eigenvalue weighted by molar-refractivity contribution is 0.408. The summed E-state index contributed by atoms with van der Waals surface area (Å²) >= 11 is 3.25. The van der Waals surface area contributed by atoms with E-state index in [0.717, 1.165) is 0 Å². The van der Waals surface area contributed by atoms with E-state index in [2.05, 4.69) is 22.5 Å². The molecule has 0 radical (unpaired) electrons. The van der Waals surface area contributed by atoms with Crippen LogP contribution in [0.1, 0.15) is 18.0 Å². The first-order valence-electron chi connectivity index (χ1n) is 4.53. The van der Waals surface area contributed by atoms with Crippen molar-refractivity contribution in [2.75, 3.05) is 7.11 Å². The zero-order chi connectivity index (χ0) is 11.4. The van der Waals surface area contributed by atoms with Gasteiger partial charge >= 0.3 is 0 Å². The average molecular weight is 272 g/mol. The summed E-state index contributed by atoms with van der Waals surface area (Å²) in [7, 11) is 1.57. The quantitative estimate of drug-likeness (QED) is 0.828. The van der Waals surface area contributed by atoms with Crippen molar-refractivity contribution in [3.05, 3.63) is 34.8 Å². The number of rotatable bonds is 4. The van der Waals surface area contributed by atoms with Crippen LogP contribution in [0, 0.1) is 0 Å². The van der Waals surface area contributed by atoms with Crippen LogP contribution >= 0.6 is 15.9 Å². The molecule has 3 nitrogen and oxygen atoms in total. The van der Waals surface area contributed by atoms with Gasteiger partial charge in [-0.2, -0.15) is 0 Å². The SMILES string of the molecule is C=CC[C@@H](N)c1cc(OC)cc(Br)c1O. The molecule has 0 aliphatic rings. The minimum Gasteiger partial charge on any atom is -0.506 e. The molecule has 0 heterocycles. The van der Waals surface area contributed by atoms with Gasteiger partial charge in [-0.25, -0.2) is 0 Å². The van der Waals surface area contributed by atoms with E-state index in [4.69, 9.17) is 10.5 Å². The molecule has 0 aliphatic carbocycles. The molecule has 1 aromatic rings. The summed E-state index contributed by atoms with van der Waals surface area (Å²) in [4.78, 5) is 0. The molecule has 1 aromatic carbocycles. The molecule has 0 aromatic heterocycles. The molecule has 0 spiro atoms. The van der Waals surface area contributed by atoms with E-state index in [1.165, 1.54) is 0 Å². The molecular weight excluding hydrogens is 258 g/mol. The Hall–Kier alpha value is -1.00. The van der Waals surface area contributed by atoms with Crippen molar-refractivity contribution in [2.24, 2.45) is 5.73 Å². The van der Waals surface area contributed by atoms with Gasteiger partial charge in [0.1, 0.15) is 11.5 Å². The maximum Gasteiger partial charge on any atom is 0.134 e. The number of methoxy groups -OCH3 is 1. The fraction of sp³-hybridized carbons (Fsp3) is 0.273. The third-order valence-electron chi connectivity index (χ3n) is 2.12. The van der Waals surface area contributed by atoms with Gasteiger partial charge in [0.15, 0.2) is 0 Å². The van der Waals surface area contributed by atoms with Crippen LogP contribution in [0.25, 0.3) is 0 Å². The topological polar surface area (TPSA) is 55.5 Å². The summed E-state index contributed by atoms with van der Waals surface area (Å²) in [5, 5.41) is 9.80. The number of phenolic OH excluding ortho intramolecular Hbond substituents is 1. The van der Waals surface area contributed by atoms with E-state index >= 15 is 0 Å². The van der Waals surface area contributed by atoms with Gasteiger partial charge < -0.3 is 15.6 Å². The van der Waals surface area contributed by atoms with Crippen LogP contribution in [-0.2, 0) is 0 Å². The normalized spacial score (nSPS) is 12.2. The molecule has 15 heavy (non-hydrogen) atoms. The molecule has 82 valence electrons. The summed E-state index contributed by atoms with van der Waals surface area (Å²) in [6.07, 6.45) is 2.32. The van der Waals surface area contributed by atoms with E-state index in [9.17, 15) is 5.11 Å². The van der Waals surface area contributed by atoms with Gasteiger partial charge in [0.25, 0.3) is 0 Å². The third kappa shape index (κ3) is 2.73. The van der Waals surface area contributed by atoms with E-state index in [0.29, 0.717) is 22.2 Å². The number of halogens is 1. The van der Waals surface area contributed by atoms with Crippen molar-refractivity contribution in [1.29, 1.82) is 0 Å². The molecule has 4 heteroatoms.